The largest absolute Gasteiger partial charge is 0.459 e. The number of hydrogen-bond acceptors (Lipinski definition) is 8. The van der Waals surface area contributed by atoms with Crippen molar-refractivity contribution in [2.24, 2.45) is 0 Å². The van der Waals surface area contributed by atoms with Crippen molar-refractivity contribution in [3.63, 3.8) is 0 Å². The van der Waals surface area contributed by atoms with Gasteiger partial charge in [-0.15, -0.1) is 0 Å². The van der Waals surface area contributed by atoms with Crippen LogP contribution in [0.25, 0.3) is 0 Å². The van der Waals surface area contributed by atoms with Crippen molar-refractivity contribution in [3.8, 4) is 0 Å². The Hall–Kier alpha value is -2.23. The van der Waals surface area contributed by atoms with Crippen LogP contribution in [0.1, 0.15) is 21.0 Å². The van der Waals surface area contributed by atoms with Gasteiger partial charge in [0, 0.05) is 12.1 Å². The van der Waals surface area contributed by atoms with Crippen LogP contribution < -0.4 is 5.43 Å². The molecule has 2 bridgehead atoms. The summed E-state index contributed by atoms with van der Waals surface area (Å²) in [6, 6.07) is 2.10. The first kappa shape index (κ1) is 18.1. The van der Waals surface area contributed by atoms with Crippen LogP contribution in [0.2, 0.25) is 0 Å². The fourth-order valence-corrected chi connectivity index (χ4v) is 1.85. The van der Waals surface area contributed by atoms with Gasteiger partial charge in [0.05, 0.1) is 39.6 Å². The number of nitrogens with one attached hydrogen (secondary N) is 1. The minimum atomic E-state index is -0.758. The number of esters is 2. The Morgan fingerprint density at radius 3 is 1.42 bits per heavy atom. The number of aromatic amines is 1. The highest BCUT2D eigenvalue weighted by molar-refractivity contribution is 5.91. The predicted octanol–water partition coefficient (Wildman–Crippen LogP) is -0.248. The van der Waals surface area contributed by atoms with E-state index in [9.17, 15) is 14.4 Å². The van der Waals surface area contributed by atoms with Crippen LogP contribution in [0.5, 0.6) is 0 Å². The van der Waals surface area contributed by atoms with Gasteiger partial charge in [0.25, 0.3) is 0 Å². The first-order chi connectivity index (χ1) is 11.7. The molecule has 1 N–H and O–H groups in total. The SMILES string of the molecule is O=C1OCCOCCOCCOCCOC(=O)c2cc(=O)cc1[nH]2. The zero-order chi connectivity index (χ0) is 17.2. The monoisotopic (exact) mass is 341 g/mol. The summed E-state index contributed by atoms with van der Waals surface area (Å²) in [5.74, 6) is -1.52. The summed E-state index contributed by atoms with van der Waals surface area (Å²) in [5, 5.41) is 0. The van der Waals surface area contributed by atoms with E-state index in [2.05, 4.69) is 4.98 Å². The maximum absolute atomic E-state index is 11.9. The number of carbonyl (C=O) groups excluding carboxylic acids is 2. The molecule has 1 aliphatic heterocycles. The molecule has 0 saturated heterocycles. The lowest BCUT2D eigenvalue weighted by Gasteiger charge is -2.10. The van der Waals surface area contributed by atoms with Gasteiger partial charge in [0.1, 0.15) is 24.6 Å². The molecule has 9 heteroatoms. The Morgan fingerprint density at radius 2 is 1.00 bits per heavy atom. The van der Waals surface area contributed by atoms with Gasteiger partial charge in [-0.05, 0) is 0 Å². The number of H-pyrrole nitrogens is 1. The van der Waals surface area contributed by atoms with E-state index in [0.29, 0.717) is 26.4 Å². The van der Waals surface area contributed by atoms with Gasteiger partial charge < -0.3 is 28.7 Å². The average Bonchev–Trinajstić information content (AvgIpc) is 2.57. The molecule has 9 nitrogen and oxygen atoms in total. The lowest BCUT2D eigenvalue weighted by Crippen LogP contribution is -2.20. The van der Waals surface area contributed by atoms with Crippen LogP contribution in [-0.4, -0.2) is 69.8 Å². The Kier molecular flexibility index (Phi) is 7.40. The van der Waals surface area contributed by atoms with Gasteiger partial charge in [-0.2, -0.15) is 0 Å². The van der Waals surface area contributed by atoms with E-state index in [1.165, 1.54) is 0 Å². The lowest BCUT2D eigenvalue weighted by molar-refractivity contribution is -0.00740. The maximum Gasteiger partial charge on any atom is 0.354 e. The first-order valence-electron chi connectivity index (χ1n) is 7.48. The van der Waals surface area contributed by atoms with Gasteiger partial charge in [0.15, 0.2) is 5.43 Å². The number of fused-ring (bicyclic) bond motifs is 2. The molecular weight excluding hydrogens is 322 g/mol. The van der Waals surface area contributed by atoms with E-state index in [1.807, 2.05) is 0 Å². The Bertz CT molecular complexity index is 564. The summed E-state index contributed by atoms with van der Waals surface area (Å²) in [6.07, 6.45) is 0. The van der Waals surface area contributed by atoms with E-state index >= 15 is 0 Å². The average molecular weight is 341 g/mol. The minimum absolute atomic E-state index is 0.0125. The molecule has 1 aromatic heterocycles. The quantitative estimate of drug-likeness (QED) is 0.643. The molecule has 24 heavy (non-hydrogen) atoms. The van der Waals surface area contributed by atoms with E-state index in [-0.39, 0.29) is 37.8 Å². The third kappa shape index (κ3) is 6.11. The molecule has 2 heterocycles. The van der Waals surface area contributed by atoms with Crippen molar-refractivity contribution < 1.29 is 33.3 Å². The molecule has 0 fully saturated rings. The van der Waals surface area contributed by atoms with Gasteiger partial charge in [-0.3, -0.25) is 4.79 Å². The highest BCUT2D eigenvalue weighted by atomic mass is 16.6. The second kappa shape index (κ2) is 9.81. The standard InChI is InChI=1S/C15H19NO8/c17-11-9-12-14(18)23-7-5-21-3-1-20-2-4-22-6-8-24-15(19)13(10-11)16-12/h9-10H,1-8H2,(H,16,17). The molecule has 0 aliphatic carbocycles. The minimum Gasteiger partial charge on any atom is -0.459 e. The fourth-order valence-electron chi connectivity index (χ4n) is 1.85. The normalized spacial score (nSPS) is 18.8. The van der Waals surface area contributed by atoms with Crippen molar-refractivity contribution in [3.05, 3.63) is 33.7 Å². The zero-order valence-corrected chi connectivity index (χ0v) is 13.1. The van der Waals surface area contributed by atoms with Crippen LogP contribution >= 0.6 is 0 Å². The summed E-state index contributed by atoms with van der Waals surface area (Å²) in [6.45, 7) is 1.92. The molecule has 0 radical (unpaired) electrons. The van der Waals surface area contributed by atoms with Crippen molar-refractivity contribution in [1.29, 1.82) is 0 Å². The van der Waals surface area contributed by atoms with Crippen molar-refractivity contribution in [1.82, 2.24) is 4.98 Å². The highest BCUT2D eigenvalue weighted by Crippen LogP contribution is 2.01. The van der Waals surface area contributed by atoms with Crippen molar-refractivity contribution in [2.75, 3.05) is 52.9 Å². The van der Waals surface area contributed by atoms with Crippen LogP contribution in [0.4, 0.5) is 0 Å². The number of ether oxygens (including phenoxy) is 5. The van der Waals surface area contributed by atoms with E-state index in [1.54, 1.807) is 0 Å². The van der Waals surface area contributed by atoms with Gasteiger partial charge in [-0.25, -0.2) is 9.59 Å². The topological polar surface area (TPSA) is 113 Å². The van der Waals surface area contributed by atoms with Crippen molar-refractivity contribution >= 4 is 11.9 Å². The Labute approximate surface area is 137 Å². The number of rotatable bonds is 0. The van der Waals surface area contributed by atoms with Gasteiger partial charge >= 0.3 is 11.9 Å². The highest BCUT2D eigenvalue weighted by Gasteiger charge is 2.15. The molecule has 1 aliphatic rings. The summed E-state index contributed by atoms with van der Waals surface area (Å²) >= 11 is 0. The molecule has 0 unspecified atom stereocenters. The molecule has 132 valence electrons. The second-order valence-corrected chi connectivity index (χ2v) is 4.75. The molecule has 0 atom stereocenters. The Morgan fingerprint density at radius 1 is 0.625 bits per heavy atom. The number of cyclic esters (lactones) is 2. The van der Waals surface area contributed by atoms with E-state index < -0.39 is 17.4 Å². The molecule has 2 rings (SSSR count). The molecular formula is C15H19NO8. The summed E-state index contributed by atoms with van der Waals surface area (Å²) < 4.78 is 25.7. The number of pyridine rings is 1. The molecule has 0 amide bonds. The second-order valence-electron chi connectivity index (χ2n) is 4.75. The van der Waals surface area contributed by atoms with Crippen LogP contribution in [0.3, 0.4) is 0 Å². The fraction of sp³-hybridized carbons (Fsp3) is 0.533. The third-order valence-corrected chi connectivity index (χ3v) is 2.95. The smallest absolute Gasteiger partial charge is 0.354 e. The molecule has 0 saturated carbocycles. The first-order valence-corrected chi connectivity index (χ1v) is 7.48. The number of aromatic nitrogens is 1. The lowest BCUT2D eigenvalue weighted by atomic mass is 10.3. The summed E-state index contributed by atoms with van der Waals surface area (Å²) in [7, 11) is 0. The summed E-state index contributed by atoms with van der Waals surface area (Å²) in [5.41, 5.74) is -0.767. The molecule has 1 aromatic rings. The van der Waals surface area contributed by atoms with Gasteiger partial charge in [-0.1, -0.05) is 0 Å². The van der Waals surface area contributed by atoms with E-state index in [4.69, 9.17) is 23.7 Å². The third-order valence-electron chi connectivity index (χ3n) is 2.95. The molecule has 0 spiro atoms. The number of hydrogen-bond donors (Lipinski definition) is 1. The van der Waals surface area contributed by atoms with Crippen LogP contribution in [0.15, 0.2) is 16.9 Å². The summed E-state index contributed by atoms with van der Waals surface area (Å²) in [4.78, 5) is 37.9. The zero-order valence-electron chi connectivity index (χ0n) is 13.1. The van der Waals surface area contributed by atoms with Gasteiger partial charge in [0.2, 0.25) is 0 Å². The Balaban J connectivity index is 2.04. The molecule has 0 aromatic carbocycles. The number of carbonyl (C=O) groups is 2. The van der Waals surface area contributed by atoms with Crippen LogP contribution in [0, 0.1) is 0 Å². The van der Waals surface area contributed by atoms with E-state index in [0.717, 1.165) is 12.1 Å². The predicted molar refractivity (Wildman–Crippen MR) is 80.1 cm³/mol. The van der Waals surface area contributed by atoms with Crippen molar-refractivity contribution in [2.45, 2.75) is 0 Å². The maximum atomic E-state index is 11.9. The van der Waals surface area contributed by atoms with Crippen LogP contribution in [-0.2, 0) is 23.7 Å².